The molecule has 15 heavy (non-hydrogen) atoms. The summed E-state index contributed by atoms with van der Waals surface area (Å²) in [4.78, 5) is 4.92. The molecule has 2 fully saturated rings. The van der Waals surface area contributed by atoms with Gasteiger partial charge in [0, 0.05) is 19.1 Å². The summed E-state index contributed by atoms with van der Waals surface area (Å²) in [7, 11) is 2.20. The Balaban J connectivity index is 1.90. The maximum Gasteiger partial charge on any atom is 0.0695 e. The molecule has 1 saturated heterocycles. The molecule has 2 atom stereocenters. The van der Waals surface area contributed by atoms with E-state index >= 15 is 0 Å². The van der Waals surface area contributed by atoms with Crippen LogP contribution in [0, 0.1) is 0 Å². The van der Waals surface area contributed by atoms with E-state index in [4.69, 9.17) is 0 Å². The molecule has 0 bridgehead atoms. The molecule has 0 aromatic heterocycles. The van der Waals surface area contributed by atoms with E-state index in [2.05, 4.69) is 16.8 Å². The normalized spacial score (nSPS) is 36.4. The first-order chi connectivity index (χ1) is 7.27. The molecule has 3 nitrogen and oxygen atoms in total. The second-order valence-corrected chi connectivity index (χ2v) is 5.11. The molecule has 2 aliphatic rings. The third-order valence-electron chi connectivity index (χ3n) is 3.92. The highest BCUT2D eigenvalue weighted by molar-refractivity contribution is 4.84. The van der Waals surface area contributed by atoms with Crippen molar-refractivity contribution in [2.75, 3.05) is 33.2 Å². The average molecular weight is 212 g/mol. The fourth-order valence-corrected chi connectivity index (χ4v) is 2.92. The van der Waals surface area contributed by atoms with E-state index in [-0.39, 0.29) is 6.10 Å². The summed E-state index contributed by atoms with van der Waals surface area (Å²) in [6.45, 7) is 4.67. The van der Waals surface area contributed by atoms with E-state index in [0.29, 0.717) is 6.04 Å². The van der Waals surface area contributed by atoms with Crippen LogP contribution in [-0.2, 0) is 0 Å². The second-order valence-electron chi connectivity index (χ2n) is 5.11. The minimum atomic E-state index is -0.0674. The summed E-state index contributed by atoms with van der Waals surface area (Å²) in [5.74, 6) is 0. The van der Waals surface area contributed by atoms with Crippen molar-refractivity contribution in [3.63, 3.8) is 0 Å². The minimum Gasteiger partial charge on any atom is -0.391 e. The lowest BCUT2D eigenvalue weighted by atomic mass is 9.91. The highest BCUT2D eigenvalue weighted by Crippen LogP contribution is 2.23. The summed E-state index contributed by atoms with van der Waals surface area (Å²) < 4.78 is 0. The Hall–Kier alpha value is -0.120. The zero-order chi connectivity index (χ0) is 10.7. The van der Waals surface area contributed by atoms with Gasteiger partial charge in [0.25, 0.3) is 0 Å². The number of hydrogen-bond acceptors (Lipinski definition) is 3. The molecule has 1 aliphatic heterocycles. The molecule has 1 heterocycles. The Labute approximate surface area is 93.1 Å². The molecule has 1 aliphatic carbocycles. The van der Waals surface area contributed by atoms with Gasteiger partial charge >= 0.3 is 0 Å². The molecule has 3 heteroatoms. The van der Waals surface area contributed by atoms with Crippen molar-refractivity contribution in [2.45, 2.75) is 44.2 Å². The highest BCUT2D eigenvalue weighted by atomic mass is 16.3. The first-order valence-corrected chi connectivity index (χ1v) is 6.38. The quantitative estimate of drug-likeness (QED) is 0.700. The van der Waals surface area contributed by atoms with E-state index in [1.54, 1.807) is 0 Å². The van der Waals surface area contributed by atoms with E-state index < -0.39 is 0 Å². The van der Waals surface area contributed by atoms with Gasteiger partial charge in [0.2, 0.25) is 0 Å². The second kappa shape index (κ2) is 5.28. The summed E-state index contributed by atoms with van der Waals surface area (Å²) >= 11 is 0. The Morgan fingerprint density at radius 1 is 0.933 bits per heavy atom. The molecular weight excluding hydrogens is 188 g/mol. The molecule has 88 valence electrons. The third kappa shape index (κ3) is 2.92. The molecule has 0 radical (unpaired) electrons. The van der Waals surface area contributed by atoms with Gasteiger partial charge in [-0.15, -0.1) is 0 Å². The maximum atomic E-state index is 10.0. The summed E-state index contributed by atoms with van der Waals surface area (Å²) in [6, 6.07) is 0.449. The molecule has 2 rings (SSSR count). The minimum absolute atomic E-state index is 0.0674. The lowest BCUT2D eigenvalue weighted by Crippen LogP contribution is -2.46. The van der Waals surface area contributed by atoms with E-state index in [1.807, 2.05) is 0 Å². The number of aliphatic hydroxyl groups is 1. The number of nitrogens with zero attached hydrogens (tertiary/aromatic N) is 2. The molecule has 0 aromatic rings. The van der Waals surface area contributed by atoms with Crippen LogP contribution in [0.25, 0.3) is 0 Å². The van der Waals surface area contributed by atoms with Crippen LogP contribution >= 0.6 is 0 Å². The predicted molar refractivity (Wildman–Crippen MR) is 61.9 cm³/mol. The summed E-state index contributed by atoms with van der Waals surface area (Å²) in [5, 5.41) is 10.0. The van der Waals surface area contributed by atoms with Crippen LogP contribution in [0.1, 0.15) is 32.1 Å². The Bertz CT molecular complexity index is 198. The predicted octanol–water partition coefficient (Wildman–Crippen LogP) is 0.927. The molecular formula is C12H24N2O. The van der Waals surface area contributed by atoms with Crippen molar-refractivity contribution >= 4 is 0 Å². The zero-order valence-corrected chi connectivity index (χ0v) is 9.86. The van der Waals surface area contributed by atoms with Crippen LogP contribution in [0.5, 0.6) is 0 Å². The molecule has 1 saturated carbocycles. The Morgan fingerprint density at radius 3 is 2.53 bits per heavy atom. The van der Waals surface area contributed by atoms with Crippen molar-refractivity contribution < 1.29 is 5.11 Å². The van der Waals surface area contributed by atoms with Gasteiger partial charge in [-0.2, -0.15) is 0 Å². The van der Waals surface area contributed by atoms with Crippen LogP contribution in [-0.4, -0.2) is 60.3 Å². The first kappa shape index (κ1) is 11.4. The van der Waals surface area contributed by atoms with Gasteiger partial charge in [-0.25, -0.2) is 0 Å². The average Bonchev–Trinajstić information content (AvgIpc) is 2.44. The smallest absolute Gasteiger partial charge is 0.0695 e. The Morgan fingerprint density at radius 2 is 1.73 bits per heavy atom. The largest absolute Gasteiger partial charge is 0.391 e. The number of rotatable bonds is 1. The lowest BCUT2D eigenvalue weighted by Gasteiger charge is -2.37. The van der Waals surface area contributed by atoms with E-state index in [1.165, 1.54) is 38.8 Å². The van der Waals surface area contributed by atoms with E-state index in [9.17, 15) is 5.11 Å². The third-order valence-corrected chi connectivity index (χ3v) is 3.92. The Kier molecular flexibility index (Phi) is 4.00. The standard InChI is InChI=1S/C12H24N2O/c1-13-7-4-8-14(10-9-13)11-5-2-3-6-12(11)15/h11-12,15H,2-10H2,1H3. The van der Waals surface area contributed by atoms with Crippen molar-refractivity contribution in [3.8, 4) is 0 Å². The first-order valence-electron chi connectivity index (χ1n) is 6.38. The van der Waals surface area contributed by atoms with Gasteiger partial charge in [-0.1, -0.05) is 12.8 Å². The molecule has 0 spiro atoms. The molecule has 0 aromatic carbocycles. The molecule has 1 N–H and O–H groups in total. The lowest BCUT2D eigenvalue weighted by molar-refractivity contribution is 0.0218. The highest BCUT2D eigenvalue weighted by Gasteiger charge is 2.29. The molecule has 0 amide bonds. The van der Waals surface area contributed by atoms with Crippen LogP contribution in [0.15, 0.2) is 0 Å². The molecule has 2 unspecified atom stereocenters. The summed E-state index contributed by atoms with van der Waals surface area (Å²) in [6.07, 6.45) is 5.91. The number of likely N-dealkylation sites (N-methyl/N-ethyl adjacent to an activating group) is 1. The van der Waals surface area contributed by atoms with Gasteiger partial charge in [0.05, 0.1) is 6.10 Å². The van der Waals surface area contributed by atoms with Crippen molar-refractivity contribution in [1.29, 1.82) is 0 Å². The van der Waals surface area contributed by atoms with Crippen molar-refractivity contribution in [3.05, 3.63) is 0 Å². The van der Waals surface area contributed by atoms with Gasteiger partial charge < -0.3 is 10.0 Å². The number of aliphatic hydroxyl groups excluding tert-OH is 1. The van der Waals surface area contributed by atoms with Crippen LogP contribution in [0.2, 0.25) is 0 Å². The maximum absolute atomic E-state index is 10.0. The van der Waals surface area contributed by atoms with Crippen LogP contribution in [0.4, 0.5) is 0 Å². The SMILES string of the molecule is CN1CCCN(C2CCCCC2O)CC1. The summed E-state index contributed by atoms with van der Waals surface area (Å²) in [5.41, 5.74) is 0. The van der Waals surface area contributed by atoms with Crippen molar-refractivity contribution in [2.24, 2.45) is 0 Å². The van der Waals surface area contributed by atoms with Crippen LogP contribution in [0.3, 0.4) is 0 Å². The zero-order valence-electron chi connectivity index (χ0n) is 9.86. The van der Waals surface area contributed by atoms with Gasteiger partial charge in [-0.3, -0.25) is 4.90 Å². The van der Waals surface area contributed by atoms with Crippen LogP contribution < -0.4 is 0 Å². The van der Waals surface area contributed by atoms with Gasteiger partial charge in [0.15, 0.2) is 0 Å². The topological polar surface area (TPSA) is 26.7 Å². The van der Waals surface area contributed by atoms with Gasteiger partial charge in [0.1, 0.15) is 0 Å². The number of hydrogen-bond donors (Lipinski definition) is 1. The fraction of sp³-hybridized carbons (Fsp3) is 1.00. The monoisotopic (exact) mass is 212 g/mol. The van der Waals surface area contributed by atoms with Crippen molar-refractivity contribution in [1.82, 2.24) is 9.80 Å². The van der Waals surface area contributed by atoms with E-state index in [0.717, 1.165) is 19.5 Å². The van der Waals surface area contributed by atoms with Gasteiger partial charge in [-0.05, 0) is 39.4 Å². The fourth-order valence-electron chi connectivity index (χ4n) is 2.92.